The zero-order chi connectivity index (χ0) is 10.0. The van der Waals surface area contributed by atoms with Gasteiger partial charge in [-0.1, -0.05) is 30.3 Å². The molecule has 1 aromatic carbocycles. The Balaban J connectivity index is 2.10. The Bertz CT molecular complexity index is 391. The van der Waals surface area contributed by atoms with Crippen LogP contribution in [-0.4, -0.2) is 8.42 Å². The molecule has 0 atom stereocenters. The summed E-state index contributed by atoms with van der Waals surface area (Å²) in [6.07, 6.45) is -0.500. The van der Waals surface area contributed by atoms with Gasteiger partial charge < -0.3 is 0 Å². The Labute approximate surface area is 81.1 Å². The van der Waals surface area contributed by atoms with Crippen LogP contribution in [0.25, 0.3) is 0 Å². The lowest BCUT2D eigenvalue weighted by Crippen LogP contribution is -2.43. The van der Waals surface area contributed by atoms with Gasteiger partial charge >= 0.3 is 10.4 Å². The number of hydrogen-bond acceptors (Lipinski definition) is 6. The highest BCUT2D eigenvalue weighted by atomic mass is 32.3. The van der Waals surface area contributed by atoms with Crippen LogP contribution in [0.3, 0.4) is 0 Å². The molecule has 1 aromatic rings. The van der Waals surface area contributed by atoms with Gasteiger partial charge in [0.25, 0.3) is 0 Å². The number of hydrogen-bond donors (Lipinski definition) is 2. The maximum atomic E-state index is 10.7. The first kappa shape index (κ1) is 9.56. The summed E-state index contributed by atoms with van der Waals surface area (Å²) < 4.78 is 29.9. The van der Waals surface area contributed by atoms with Crippen molar-refractivity contribution in [3.63, 3.8) is 0 Å². The molecular formula is C7H8N2O4S. The van der Waals surface area contributed by atoms with E-state index < -0.39 is 16.6 Å². The van der Waals surface area contributed by atoms with Gasteiger partial charge in [-0.05, 0) is 5.56 Å². The Morgan fingerprint density at radius 3 is 2.21 bits per heavy atom. The van der Waals surface area contributed by atoms with Crippen molar-refractivity contribution in [3.8, 4) is 0 Å². The van der Waals surface area contributed by atoms with Gasteiger partial charge in [-0.15, -0.1) is 0 Å². The van der Waals surface area contributed by atoms with E-state index in [4.69, 9.17) is 0 Å². The van der Waals surface area contributed by atoms with Crippen molar-refractivity contribution in [2.24, 2.45) is 0 Å². The van der Waals surface area contributed by atoms with E-state index in [2.05, 4.69) is 19.5 Å². The van der Waals surface area contributed by atoms with Gasteiger partial charge in [0.05, 0.1) is 0 Å². The summed E-state index contributed by atoms with van der Waals surface area (Å²) in [6, 6.07) is 9.10. The minimum atomic E-state index is -3.95. The van der Waals surface area contributed by atoms with Crippen LogP contribution in [0.1, 0.15) is 11.7 Å². The molecule has 7 heteroatoms. The van der Waals surface area contributed by atoms with Crippen LogP contribution in [0.4, 0.5) is 0 Å². The molecule has 76 valence electrons. The predicted octanol–water partition coefficient (Wildman–Crippen LogP) is -0.0140. The highest BCUT2D eigenvalue weighted by Crippen LogP contribution is 2.13. The Morgan fingerprint density at radius 2 is 1.64 bits per heavy atom. The molecular weight excluding hydrogens is 208 g/mol. The molecule has 1 aliphatic heterocycles. The van der Waals surface area contributed by atoms with Crippen LogP contribution < -0.4 is 11.0 Å². The fourth-order valence-electron chi connectivity index (χ4n) is 1.04. The summed E-state index contributed by atoms with van der Waals surface area (Å²) in [7, 11) is -3.95. The summed E-state index contributed by atoms with van der Waals surface area (Å²) in [6.45, 7) is 0. The smallest absolute Gasteiger partial charge is 0.166 e. The lowest BCUT2D eigenvalue weighted by molar-refractivity contribution is -0.00927. The summed E-state index contributed by atoms with van der Waals surface area (Å²) in [5.41, 5.74) is 5.41. The third kappa shape index (κ3) is 2.08. The van der Waals surface area contributed by atoms with Gasteiger partial charge in [-0.2, -0.15) is 27.9 Å². The molecule has 1 heterocycles. The van der Waals surface area contributed by atoms with Crippen molar-refractivity contribution < 1.29 is 17.0 Å². The number of rotatable bonds is 1. The SMILES string of the molecule is O=S1(=O)ONC(c2ccccc2)NO1. The monoisotopic (exact) mass is 216 g/mol. The molecule has 2 rings (SSSR count). The quantitative estimate of drug-likeness (QED) is 0.687. The first-order valence-electron chi connectivity index (χ1n) is 3.85. The van der Waals surface area contributed by atoms with Crippen molar-refractivity contribution in [3.05, 3.63) is 35.9 Å². The molecule has 1 fully saturated rings. The topological polar surface area (TPSA) is 76.7 Å². The predicted molar refractivity (Wildman–Crippen MR) is 46.5 cm³/mol. The third-order valence-corrected chi connectivity index (χ3v) is 2.27. The second-order valence-corrected chi connectivity index (χ2v) is 3.80. The highest BCUT2D eigenvalue weighted by Gasteiger charge is 2.25. The van der Waals surface area contributed by atoms with Crippen molar-refractivity contribution in [1.82, 2.24) is 11.0 Å². The molecule has 0 amide bonds. The van der Waals surface area contributed by atoms with Gasteiger partial charge in [-0.3, -0.25) is 0 Å². The standard InChI is InChI=1S/C7H8N2O4S/c10-14(11)12-8-7(9-13-14)6-4-2-1-3-5-6/h1-5,7-9H. The van der Waals surface area contributed by atoms with E-state index >= 15 is 0 Å². The molecule has 0 aromatic heterocycles. The fraction of sp³-hybridized carbons (Fsp3) is 0.143. The lowest BCUT2D eigenvalue weighted by Gasteiger charge is -2.22. The average molecular weight is 216 g/mol. The summed E-state index contributed by atoms with van der Waals surface area (Å²) in [5.74, 6) is 0. The maximum Gasteiger partial charge on any atom is 0.432 e. The third-order valence-electron chi connectivity index (χ3n) is 1.67. The van der Waals surface area contributed by atoms with Crippen LogP contribution >= 0.6 is 0 Å². The zero-order valence-corrected chi connectivity index (χ0v) is 7.82. The van der Waals surface area contributed by atoms with E-state index in [9.17, 15) is 8.42 Å². The first-order valence-corrected chi connectivity index (χ1v) is 5.18. The van der Waals surface area contributed by atoms with Gasteiger partial charge in [0.1, 0.15) is 6.17 Å². The van der Waals surface area contributed by atoms with E-state index in [-0.39, 0.29) is 0 Å². The second kappa shape index (κ2) is 3.64. The Kier molecular flexibility index (Phi) is 2.48. The number of hydroxylamine groups is 2. The maximum absolute atomic E-state index is 10.7. The van der Waals surface area contributed by atoms with Gasteiger partial charge in [0.15, 0.2) is 0 Å². The molecule has 0 saturated carbocycles. The molecule has 1 saturated heterocycles. The molecule has 14 heavy (non-hydrogen) atoms. The Morgan fingerprint density at radius 1 is 1.07 bits per heavy atom. The van der Waals surface area contributed by atoms with E-state index in [1.807, 2.05) is 18.2 Å². The Hall–Kier alpha value is -0.990. The molecule has 0 bridgehead atoms. The fourth-order valence-corrected chi connectivity index (χ4v) is 1.50. The van der Waals surface area contributed by atoms with Crippen molar-refractivity contribution >= 4 is 10.4 Å². The van der Waals surface area contributed by atoms with Gasteiger partial charge in [0, 0.05) is 0 Å². The number of nitrogens with one attached hydrogen (secondary N) is 2. The molecule has 2 N–H and O–H groups in total. The largest absolute Gasteiger partial charge is 0.432 e. The molecule has 1 aliphatic rings. The summed E-state index contributed by atoms with van der Waals surface area (Å²) in [5, 5.41) is 0. The summed E-state index contributed by atoms with van der Waals surface area (Å²) >= 11 is 0. The van der Waals surface area contributed by atoms with E-state index in [1.165, 1.54) is 0 Å². The van der Waals surface area contributed by atoms with Crippen molar-refractivity contribution in [2.45, 2.75) is 6.17 Å². The molecule has 0 unspecified atom stereocenters. The van der Waals surface area contributed by atoms with Crippen LogP contribution in [0.15, 0.2) is 30.3 Å². The molecule has 0 spiro atoms. The van der Waals surface area contributed by atoms with Crippen molar-refractivity contribution in [1.29, 1.82) is 0 Å². The minimum Gasteiger partial charge on any atom is -0.166 e. The molecule has 0 radical (unpaired) electrons. The van der Waals surface area contributed by atoms with Crippen LogP contribution in [0, 0.1) is 0 Å². The minimum absolute atomic E-state index is 0.500. The second-order valence-electron chi connectivity index (χ2n) is 2.65. The normalized spacial score (nSPS) is 22.0. The average Bonchev–Trinajstić information content (AvgIpc) is 2.19. The summed E-state index contributed by atoms with van der Waals surface area (Å²) in [4.78, 5) is 0. The van der Waals surface area contributed by atoms with E-state index in [0.717, 1.165) is 5.56 Å². The molecule has 0 aliphatic carbocycles. The number of benzene rings is 1. The van der Waals surface area contributed by atoms with Crippen LogP contribution in [0.5, 0.6) is 0 Å². The van der Waals surface area contributed by atoms with Gasteiger partial charge in [-0.25, -0.2) is 0 Å². The van der Waals surface area contributed by atoms with Gasteiger partial charge in [0.2, 0.25) is 0 Å². The highest BCUT2D eigenvalue weighted by molar-refractivity contribution is 7.81. The van der Waals surface area contributed by atoms with E-state index in [1.54, 1.807) is 12.1 Å². The van der Waals surface area contributed by atoms with E-state index in [0.29, 0.717) is 0 Å². The first-order chi connectivity index (χ1) is 6.67. The van der Waals surface area contributed by atoms with Crippen LogP contribution in [0.2, 0.25) is 0 Å². The van der Waals surface area contributed by atoms with Crippen LogP contribution in [-0.2, 0) is 19.0 Å². The van der Waals surface area contributed by atoms with Crippen molar-refractivity contribution in [2.75, 3.05) is 0 Å². The zero-order valence-electron chi connectivity index (χ0n) is 7.01. The molecule has 6 nitrogen and oxygen atoms in total. The lowest BCUT2D eigenvalue weighted by atomic mass is 10.2.